The molecule has 0 spiro atoms. The number of ketones is 2. The van der Waals surface area contributed by atoms with Gasteiger partial charge in [0.15, 0.2) is 11.7 Å². The number of hydrogen-bond acceptors (Lipinski definition) is 6. The number of para-hydroxylation sites is 1. The van der Waals surface area contributed by atoms with Crippen molar-refractivity contribution in [3.8, 4) is 0 Å². The third kappa shape index (κ3) is 1.62. The Labute approximate surface area is 112 Å². The molecule has 1 atom stereocenters. The first-order valence-electron chi connectivity index (χ1n) is 5.79. The molecule has 0 fully saturated rings. The van der Waals surface area contributed by atoms with Crippen LogP contribution in [0.4, 0.5) is 5.69 Å². The molecule has 8 heteroatoms. The number of carbonyl (C=O) groups is 3. The first kappa shape index (κ1) is 12.2. The lowest BCUT2D eigenvalue weighted by Gasteiger charge is -2.29. The van der Waals surface area contributed by atoms with Gasteiger partial charge >= 0.3 is 0 Å². The summed E-state index contributed by atoms with van der Waals surface area (Å²) in [5, 5.41) is 12.4. The lowest BCUT2D eigenvalue weighted by atomic mass is 9.87. The van der Waals surface area contributed by atoms with Crippen LogP contribution in [0.15, 0.2) is 24.3 Å². The topological polar surface area (TPSA) is 109 Å². The van der Waals surface area contributed by atoms with E-state index in [4.69, 9.17) is 0 Å². The smallest absolute Gasteiger partial charge is 0.245 e. The fraction of sp³-hybridized carbons (Fsp3) is 0.167. The van der Waals surface area contributed by atoms with Crippen LogP contribution in [0.3, 0.4) is 0 Å². The number of aromatic nitrogens is 4. The predicted octanol–water partition coefficient (Wildman–Crippen LogP) is -0.142. The van der Waals surface area contributed by atoms with Gasteiger partial charge in [-0.15, -0.1) is 10.2 Å². The summed E-state index contributed by atoms with van der Waals surface area (Å²) in [6.07, 6.45) is 0. The van der Waals surface area contributed by atoms with Crippen molar-refractivity contribution in [2.24, 2.45) is 5.92 Å². The van der Waals surface area contributed by atoms with E-state index in [1.807, 2.05) is 0 Å². The second-order valence-corrected chi connectivity index (χ2v) is 4.31. The Balaban J connectivity index is 2.08. The SMILES string of the molecule is CN1C(=O)C(C(=O)c2nn[nH]n2)C(=O)c2ccccc21. The summed E-state index contributed by atoms with van der Waals surface area (Å²) >= 11 is 0. The summed E-state index contributed by atoms with van der Waals surface area (Å²) in [6.45, 7) is 0. The Morgan fingerprint density at radius 3 is 2.75 bits per heavy atom. The van der Waals surface area contributed by atoms with Crippen molar-refractivity contribution in [3.05, 3.63) is 35.7 Å². The van der Waals surface area contributed by atoms with Crippen molar-refractivity contribution in [2.45, 2.75) is 0 Å². The molecular formula is C12H9N5O3. The van der Waals surface area contributed by atoms with E-state index in [0.717, 1.165) is 0 Å². The van der Waals surface area contributed by atoms with Crippen molar-refractivity contribution < 1.29 is 14.4 Å². The molecule has 0 radical (unpaired) electrons. The molecule has 20 heavy (non-hydrogen) atoms. The minimum atomic E-state index is -1.45. The zero-order valence-corrected chi connectivity index (χ0v) is 10.4. The maximum Gasteiger partial charge on any atom is 0.245 e. The highest BCUT2D eigenvalue weighted by Crippen LogP contribution is 2.30. The van der Waals surface area contributed by atoms with E-state index in [0.29, 0.717) is 11.3 Å². The number of Topliss-reactive ketones (excluding diaryl/α,β-unsaturated/α-hetero) is 2. The van der Waals surface area contributed by atoms with Gasteiger partial charge in [0, 0.05) is 12.6 Å². The van der Waals surface area contributed by atoms with Crippen molar-refractivity contribution in [3.63, 3.8) is 0 Å². The van der Waals surface area contributed by atoms with Crippen LogP contribution in [-0.2, 0) is 4.79 Å². The first-order chi connectivity index (χ1) is 9.61. The molecule has 2 heterocycles. The van der Waals surface area contributed by atoms with Crippen LogP contribution in [0.25, 0.3) is 0 Å². The van der Waals surface area contributed by atoms with Crippen LogP contribution >= 0.6 is 0 Å². The third-order valence-corrected chi connectivity index (χ3v) is 3.20. The maximum atomic E-state index is 12.4. The Kier molecular flexibility index (Phi) is 2.63. The zero-order chi connectivity index (χ0) is 14.3. The lowest BCUT2D eigenvalue weighted by molar-refractivity contribution is -0.119. The molecule has 1 N–H and O–H groups in total. The van der Waals surface area contributed by atoms with Crippen molar-refractivity contribution in [2.75, 3.05) is 11.9 Å². The van der Waals surface area contributed by atoms with Gasteiger partial charge in [0.2, 0.25) is 17.5 Å². The van der Waals surface area contributed by atoms with E-state index in [9.17, 15) is 14.4 Å². The van der Waals surface area contributed by atoms with Gasteiger partial charge in [0.1, 0.15) is 0 Å². The van der Waals surface area contributed by atoms with Crippen LogP contribution < -0.4 is 4.90 Å². The van der Waals surface area contributed by atoms with E-state index in [1.54, 1.807) is 24.3 Å². The Hall–Kier alpha value is -2.90. The molecule has 2 aromatic rings. The maximum absolute atomic E-state index is 12.4. The molecule has 1 aromatic carbocycles. The van der Waals surface area contributed by atoms with Gasteiger partial charge in [0.05, 0.1) is 5.69 Å². The summed E-state index contributed by atoms with van der Waals surface area (Å²) < 4.78 is 0. The molecule has 1 aliphatic rings. The minimum Gasteiger partial charge on any atom is -0.314 e. The number of aromatic amines is 1. The number of anilines is 1. The van der Waals surface area contributed by atoms with Gasteiger partial charge in [-0.2, -0.15) is 5.21 Å². The number of amides is 1. The van der Waals surface area contributed by atoms with E-state index in [-0.39, 0.29) is 5.82 Å². The number of benzene rings is 1. The number of tetrazole rings is 1. The number of carbonyl (C=O) groups excluding carboxylic acids is 3. The van der Waals surface area contributed by atoms with Gasteiger partial charge in [0.25, 0.3) is 0 Å². The highest BCUT2D eigenvalue weighted by atomic mass is 16.2. The molecule has 1 unspecified atom stereocenters. The van der Waals surface area contributed by atoms with Crippen LogP contribution in [0, 0.1) is 5.92 Å². The second kappa shape index (κ2) is 4.34. The number of fused-ring (bicyclic) bond motifs is 1. The molecule has 8 nitrogen and oxygen atoms in total. The molecule has 1 aromatic heterocycles. The summed E-state index contributed by atoms with van der Waals surface area (Å²) in [7, 11) is 1.52. The fourth-order valence-electron chi connectivity index (χ4n) is 2.18. The standard InChI is InChI=1S/C12H9N5O3/c1-17-7-5-3-2-4-6(7)9(18)8(12(17)20)10(19)11-13-15-16-14-11/h2-5,8H,1H3,(H,13,14,15,16). The average Bonchev–Trinajstić information content (AvgIpc) is 2.99. The van der Waals surface area contributed by atoms with Crippen LogP contribution in [0.5, 0.6) is 0 Å². The molecule has 0 bridgehead atoms. The minimum absolute atomic E-state index is 0.274. The molecule has 1 amide bonds. The fourth-order valence-corrected chi connectivity index (χ4v) is 2.18. The van der Waals surface area contributed by atoms with Crippen molar-refractivity contribution in [1.29, 1.82) is 0 Å². The molecule has 1 aliphatic heterocycles. The Morgan fingerprint density at radius 2 is 2.05 bits per heavy atom. The molecular weight excluding hydrogens is 262 g/mol. The molecule has 0 saturated carbocycles. The monoisotopic (exact) mass is 271 g/mol. The Morgan fingerprint density at radius 1 is 1.30 bits per heavy atom. The van der Waals surface area contributed by atoms with Crippen LogP contribution in [0.2, 0.25) is 0 Å². The van der Waals surface area contributed by atoms with Crippen LogP contribution in [-0.4, -0.2) is 45.1 Å². The van der Waals surface area contributed by atoms with E-state index < -0.39 is 23.4 Å². The predicted molar refractivity (Wildman–Crippen MR) is 66.2 cm³/mol. The van der Waals surface area contributed by atoms with Gasteiger partial charge in [-0.25, -0.2) is 0 Å². The number of nitrogens with zero attached hydrogens (tertiary/aromatic N) is 4. The molecule has 0 saturated heterocycles. The quantitative estimate of drug-likeness (QED) is 0.601. The normalized spacial score (nSPS) is 18.1. The van der Waals surface area contributed by atoms with E-state index in [1.165, 1.54) is 11.9 Å². The second-order valence-electron chi connectivity index (χ2n) is 4.31. The molecule has 0 aliphatic carbocycles. The van der Waals surface area contributed by atoms with Gasteiger partial charge in [-0.05, 0) is 17.3 Å². The zero-order valence-electron chi connectivity index (χ0n) is 10.4. The largest absolute Gasteiger partial charge is 0.314 e. The van der Waals surface area contributed by atoms with Crippen molar-refractivity contribution in [1.82, 2.24) is 20.6 Å². The summed E-state index contributed by atoms with van der Waals surface area (Å²) in [6, 6.07) is 6.63. The summed E-state index contributed by atoms with van der Waals surface area (Å²) in [4.78, 5) is 38.1. The number of nitrogens with one attached hydrogen (secondary N) is 1. The third-order valence-electron chi connectivity index (χ3n) is 3.20. The first-order valence-corrected chi connectivity index (χ1v) is 5.79. The van der Waals surface area contributed by atoms with E-state index in [2.05, 4.69) is 20.6 Å². The van der Waals surface area contributed by atoms with Gasteiger partial charge in [-0.1, -0.05) is 12.1 Å². The summed E-state index contributed by atoms with van der Waals surface area (Å²) in [5.74, 6) is -3.62. The molecule has 100 valence electrons. The number of H-pyrrole nitrogens is 1. The van der Waals surface area contributed by atoms with Gasteiger partial charge in [-0.3, -0.25) is 14.4 Å². The number of rotatable bonds is 2. The molecule has 3 rings (SSSR count). The highest BCUT2D eigenvalue weighted by Gasteiger charge is 2.44. The summed E-state index contributed by atoms with van der Waals surface area (Å²) in [5.41, 5.74) is 0.816. The highest BCUT2D eigenvalue weighted by molar-refractivity contribution is 6.33. The van der Waals surface area contributed by atoms with Gasteiger partial charge < -0.3 is 4.90 Å². The van der Waals surface area contributed by atoms with Crippen LogP contribution in [0.1, 0.15) is 21.0 Å². The van der Waals surface area contributed by atoms with Crippen molar-refractivity contribution >= 4 is 23.2 Å². The average molecular weight is 271 g/mol. The Bertz CT molecular complexity index is 710. The lowest BCUT2D eigenvalue weighted by Crippen LogP contribution is -2.46. The van der Waals surface area contributed by atoms with E-state index >= 15 is 0 Å². The number of hydrogen-bond donors (Lipinski definition) is 1.